The molecule has 1 aliphatic heterocycles. The van der Waals surface area contributed by atoms with E-state index < -0.39 is 0 Å². The molecular formula is C18H22N2. The van der Waals surface area contributed by atoms with Gasteiger partial charge in [0.15, 0.2) is 0 Å². The number of nitrogens with one attached hydrogen (secondary N) is 1. The molecule has 104 valence electrons. The molecule has 0 fully saturated rings. The molecular weight excluding hydrogens is 244 g/mol. The first-order valence-corrected chi connectivity index (χ1v) is 7.54. The van der Waals surface area contributed by atoms with Crippen molar-refractivity contribution in [3.8, 4) is 0 Å². The first kappa shape index (κ1) is 13.2. The Hall–Kier alpha value is -1.80. The number of aryl methyl sites for hydroxylation is 1. The summed E-state index contributed by atoms with van der Waals surface area (Å²) in [7, 11) is 0. The SMILES string of the molecule is CCNCc1ccccc1N1CCCc2ccccc21. The van der Waals surface area contributed by atoms with Crippen LogP contribution in [0, 0.1) is 0 Å². The summed E-state index contributed by atoms with van der Waals surface area (Å²) in [6.45, 7) is 5.20. The van der Waals surface area contributed by atoms with Gasteiger partial charge in [0.25, 0.3) is 0 Å². The number of hydrogen-bond donors (Lipinski definition) is 1. The van der Waals surface area contributed by atoms with Crippen molar-refractivity contribution in [1.82, 2.24) is 5.32 Å². The Bertz CT molecular complexity index is 577. The molecule has 0 atom stereocenters. The molecule has 2 heteroatoms. The first-order valence-electron chi connectivity index (χ1n) is 7.54. The summed E-state index contributed by atoms with van der Waals surface area (Å²) in [5.74, 6) is 0. The highest BCUT2D eigenvalue weighted by atomic mass is 15.1. The van der Waals surface area contributed by atoms with Crippen molar-refractivity contribution in [3.05, 3.63) is 59.7 Å². The van der Waals surface area contributed by atoms with Crippen LogP contribution in [-0.2, 0) is 13.0 Å². The fourth-order valence-electron chi connectivity index (χ4n) is 2.97. The van der Waals surface area contributed by atoms with Crippen molar-refractivity contribution >= 4 is 11.4 Å². The quantitative estimate of drug-likeness (QED) is 0.903. The zero-order valence-corrected chi connectivity index (χ0v) is 12.1. The maximum Gasteiger partial charge on any atom is 0.0456 e. The molecule has 0 saturated carbocycles. The molecule has 3 rings (SSSR count). The van der Waals surface area contributed by atoms with Gasteiger partial charge in [-0.15, -0.1) is 0 Å². The fourth-order valence-corrected chi connectivity index (χ4v) is 2.97. The summed E-state index contributed by atoms with van der Waals surface area (Å²) < 4.78 is 0. The van der Waals surface area contributed by atoms with E-state index in [2.05, 4.69) is 65.7 Å². The van der Waals surface area contributed by atoms with Gasteiger partial charge in [-0.3, -0.25) is 0 Å². The van der Waals surface area contributed by atoms with E-state index >= 15 is 0 Å². The number of anilines is 2. The Morgan fingerprint density at radius 1 is 1.00 bits per heavy atom. The van der Waals surface area contributed by atoms with Crippen molar-refractivity contribution in [1.29, 1.82) is 0 Å². The van der Waals surface area contributed by atoms with Crippen molar-refractivity contribution in [2.45, 2.75) is 26.3 Å². The molecule has 0 amide bonds. The molecule has 1 heterocycles. The Labute approximate surface area is 121 Å². The van der Waals surface area contributed by atoms with E-state index in [-0.39, 0.29) is 0 Å². The number of benzene rings is 2. The summed E-state index contributed by atoms with van der Waals surface area (Å²) in [5, 5.41) is 3.44. The van der Waals surface area contributed by atoms with Crippen LogP contribution in [0.4, 0.5) is 11.4 Å². The molecule has 2 aromatic rings. The lowest BCUT2D eigenvalue weighted by molar-refractivity contribution is 0.717. The molecule has 0 aliphatic carbocycles. The third kappa shape index (κ3) is 2.56. The second kappa shape index (κ2) is 6.10. The van der Waals surface area contributed by atoms with Gasteiger partial charge in [-0.1, -0.05) is 43.3 Å². The van der Waals surface area contributed by atoms with Crippen molar-refractivity contribution in [2.75, 3.05) is 18.0 Å². The lowest BCUT2D eigenvalue weighted by atomic mass is 10.00. The molecule has 0 spiro atoms. The molecule has 0 radical (unpaired) electrons. The van der Waals surface area contributed by atoms with Crippen LogP contribution in [0.1, 0.15) is 24.5 Å². The average molecular weight is 266 g/mol. The smallest absolute Gasteiger partial charge is 0.0456 e. The van der Waals surface area contributed by atoms with Crippen LogP contribution in [0.5, 0.6) is 0 Å². The summed E-state index contributed by atoms with van der Waals surface area (Å²) in [4.78, 5) is 2.48. The van der Waals surface area contributed by atoms with Crippen LogP contribution in [0.15, 0.2) is 48.5 Å². The zero-order chi connectivity index (χ0) is 13.8. The number of rotatable bonds is 4. The number of para-hydroxylation sites is 2. The van der Waals surface area contributed by atoms with Gasteiger partial charge in [-0.2, -0.15) is 0 Å². The third-order valence-corrected chi connectivity index (χ3v) is 3.96. The lowest BCUT2D eigenvalue weighted by Gasteiger charge is -2.33. The van der Waals surface area contributed by atoms with Crippen LogP contribution < -0.4 is 10.2 Å². The van der Waals surface area contributed by atoms with E-state index in [4.69, 9.17) is 0 Å². The molecule has 0 saturated heterocycles. The largest absolute Gasteiger partial charge is 0.341 e. The molecule has 1 N–H and O–H groups in total. The van der Waals surface area contributed by atoms with Gasteiger partial charge < -0.3 is 10.2 Å². The van der Waals surface area contributed by atoms with Crippen LogP contribution in [0.25, 0.3) is 0 Å². The average Bonchev–Trinajstić information content (AvgIpc) is 2.53. The minimum atomic E-state index is 0.936. The molecule has 20 heavy (non-hydrogen) atoms. The van der Waals surface area contributed by atoms with E-state index in [9.17, 15) is 0 Å². The Morgan fingerprint density at radius 2 is 1.75 bits per heavy atom. The minimum absolute atomic E-state index is 0.936. The van der Waals surface area contributed by atoms with E-state index in [1.54, 1.807) is 0 Å². The summed E-state index contributed by atoms with van der Waals surface area (Å²) in [5.41, 5.74) is 5.58. The summed E-state index contributed by atoms with van der Waals surface area (Å²) in [6.07, 6.45) is 2.43. The van der Waals surface area contributed by atoms with Gasteiger partial charge in [0.2, 0.25) is 0 Å². The Morgan fingerprint density at radius 3 is 2.60 bits per heavy atom. The Balaban J connectivity index is 1.98. The van der Waals surface area contributed by atoms with Crippen molar-refractivity contribution < 1.29 is 0 Å². The van der Waals surface area contributed by atoms with Crippen molar-refractivity contribution in [2.24, 2.45) is 0 Å². The maximum atomic E-state index is 3.44. The van der Waals surface area contributed by atoms with E-state index in [1.807, 2.05) is 0 Å². The topological polar surface area (TPSA) is 15.3 Å². The first-order chi connectivity index (χ1) is 9.90. The molecule has 1 aliphatic rings. The molecule has 0 bridgehead atoms. The summed E-state index contributed by atoms with van der Waals surface area (Å²) in [6, 6.07) is 17.5. The number of fused-ring (bicyclic) bond motifs is 1. The van der Waals surface area contributed by atoms with Crippen molar-refractivity contribution in [3.63, 3.8) is 0 Å². The van der Waals surface area contributed by atoms with Crippen LogP contribution >= 0.6 is 0 Å². The van der Waals surface area contributed by atoms with Crippen LogP contribution in [0.3, 0.4) is 0 Å². The molecule has 2 nitrogen and oxygen atoms in total. The third-order valence-electron chi connectivity index (χ3n) is 3.96. The highest BCUT2D eigenvalue weighted by Gasteiger charge is 2.19. The monoisotopic (exact) mass is 266 g/mol. The van der Waals surface area contributed by atoms with E-state index in [1.165, 1.54) is 35.3 Å². The van der Waals surface area contributed by atoms with Gasteiger partial charge in [-0.05, 0) is 42.6 Å². The molecule has 2 aromatic carbocycles. The normalized spacial score (nSPS) is 14.2. The van der Waals surface area contributed by atoms with E-state index in [0.29, 0.717) is 0 Å². The minimum Gasteiger partial charge on any atom is -0.341 e. The summed E-state index contributed by atoms with van der Waals surface area (Å²) >= 11 is 0. The molecule has 0 unspecified atom stereocenters. The standard InChI is InChI=1S/C18H22N2/c1-2-19-14-16-9-4-6-12-18(16)20-13-7-10-15-8-3-5-11-17(15)20/h3-6,8-9,11-12,19H,2,7,10,13-14H2,1H3. The highest BCUT2D eigenvalue weighted by molar-refractivity contribution is 5.70. The van der Waals surface area contributed by atoms with Gasteiger partial charge in [-0.25, -0.2) is 0 Å². The second-order valence-corrected chi connectivity index (χ2v) is 5.29. The fraction of sp³-hybridized carbons (Fsp3) is 0.333. The van der Waals surface area contributed by atoms with Gasteiger partial charge in [0.1, 0.15) is 0 Å². The van der Waals surface area contributed by atoms with E-state index in [0.717, 1.165) is 19.6 Å². The molecule has 0 aromatic heterocycles. The maximum absolute atomic E-state index is 3.44. The number of nitrogens with zero attached hydrogens (tertiary/aromatic N) is 1. The predicted molar refractivity (Wildman–Crippen MR) is 85.6 cm³/mol. The zero-order valence-electron chi connectivity index (χ0n) is 12.1. The lowest BCUT2D eigenvalue weighted by Crippen LogP contribution is -2.26. The van der Waals surface area contributed by atoms with Crippen LogP contribution in [-0.4, -0.2) is 13.1 Å². The van der Waals surface area contributed by atoms with Gasteiger partial charge >= 0.3 is 0 Å². The predicted octanol–water partition coefficient (Wildman–Crippen LogP) is 3.88. The van der Waals surface area contributed by atoms with Gasteiger partial charge in [0, 0.05) is 24.5 Å². The Kier molecular flexibility index (Phi) is 4.03. The second-order valence-electron chi connectivity index (χ2n) is 5.29. The number of hydrogen-bond acceptors (Lipinski definition) is 2. The highest BCUT2D eigenvalue weighted by Crippen LogP contribution is 2.34. The van der Waals surface area contributed by atoms with Gasteiger partial charge in [0.05, 0.1) is 0 Å². The van der Waals surface area contributed by atoms with Crippen LogP contribution in [0.2, 0.25) is 0 Å².